The minimum atomic E-state index is -3.42. The van der Waals surface area contributed by atoms with Crippen LogP contribution in [0.25, 0.3) is 0 Å². The van der Waals surface area contributed by atoms with E-state index < -0.39 is 6.51 Å². The first-order chi connectivity index (χ1) is 12.6. The SMILES string of the molecule is COc1ccccc1[C]12[CH]3[CH]4[CH]5[C]1(Pc1ccccc1)[Fe]45321678[CH]2[CH]1[CH]6[CH]7[CH]28. The Hall–Kier alpha value is -0.811. The van der Waals surface area contributed by atoms with Crippen LogP contribution in [0.3, 0.4) is 0 Å². The molecule has 0 radical (unpaired) electrons. The molecule has 0 amide bonds. The van der Waals surface area contributed by atoms with Gasteiger partial charge in [0.15, 0.2) is 0 Å². The Kier molecular flexibility index (Phi) is 0.561. The molecule has 2 aromatic carbocycles. The van der Waals surface area contributed by atoms with Gasteiger partial charge in [0.1, 0.15) is 0 Å². The topological polar surface area (TPSA) is 9.23 Å². The van der Waals surface area contributed by atoms with Crippen LogP contribution in [0, 0.1) is 0 Å². The van der Waals surface area contributed by atoms with Crippen LogP contribution in [0.4, 0.5) is 0 Å². The van der Waals surface area contributed by atoms with Gasteiger partial charge in [-0.1, -0.05) is 0 Å². The van der Waals surface area contributed by atoms with E-state index in [0.29, 0.717) is 4.31 Å². The van der Waals surface area contributed by atoms with E-state index in [1.807, 2.05) is 7.11 Å². The van der Waals surface area contributed by atoms with E-state index in [0.717, 1.165) is 12.6 Å². The molecule has 12 rings (SSSR count). The van der Waals surface area contributed by atoms with Gasteiger partial charge in [-0.3, -0.25) is 0 Å². The first kappa shape index (κ1) is 11.3. The summed E-state index contributed by atoms with van der Waals surface area (Å²) in [6, 6.07) is 21.0. The maximum absolute atomic E-state index is 6.01. The summed E-state index contributed by atoms with van der Waals surface area (Å²) in [7, 11) is 3.03. The standard InChI is InChI=1S/C18H16OP.C5H5.Fe/c1-19-17-12-6-5-10-15(17)16-11-7-13-18(16)20-14-8-3-2-4-9-14;1-2-4-5-3-1;/h2-13,20H,1H3;1-5H;. The molecule has 0 saturated carbocycles. The second-order valence-electron chi connectivity index (χ2n) is 12.9. The van der Waals surface area contributed by atoms with Crippen molar-refractivity contribution < 1.29 is 11.2 Å². The van der Waals surface area contributed by atoms with Gasteiger partial charge in [0.2, 0.25) is 0 Å². The van der Waals surface area contributed by atoms with Gasteiger partial charge in [-0.2, -0.15) is 0 Å². The molecule has 10 fully saturated rings. The van der Waals surface area contributed by atoms with Crippen molar-refractivity contribution in [1.29, 1.82) is 0 Å². The van der Waals surface area contributed by atoms with Gasteiger partial charge in [0.05, 0.1) is 0 Å². The normalized spacial score (nSPS) is 85.0. The third kappa shape index (κ3) is 0.171. The average molecular weight is 400 g/mol. The van der Waals surface area contributed by atoms with Gasteiger partial charge >= 0.3 is 145 Å². The molecule has 10 aliphatic heterocycles. The number of hydrogen-bond donors (Lipinski definition) is 0. The second kappa shape index (κ2) is 1.30. The van der Waals surface area contributed by atoms with Crippen molar-refractivity contribution in [3.05, 3.63) is 60.2 Å². The number of hydrogen-bond acceptors (Lipinski definition) is 1. The van der Waals surface area contributed by atoms with Gasteiger partial charge in [-0.15, -0.1) is 0 Å². The monoisotopic (exact) mass is 400 g/mol. The Morgan fingerprint density at radius 3 is 2.08 bits per heavy atom. The average Bonchev–Trinajstić information content (AvgIpc) is 3.63. The van der Waals surface area contributed by atoms with Crippen molar-refractivity contribution in [2.75, 3.05) is 7.11 Å². The fourth-order valence-corrected chi connectivity index (χ4v) is 107. The Morgan fingerprint density at radius 1 is 0.808 bits per heavy atom. The van der Waals surface area contributed by atoms with Crippen LogP contribution in [-0.2, 0) is 10.8 Å². The van der Waals surface area contributed by atoms with E-state index in [-0.39, 0.29) is 0 Å². The Morgan fingerprint density at radius 2 is 1.46 bits per heavy atom. The molecule has 6 unspecified atom stereocenters. The summed E-state index contributed by atoms with van der Waals surface area (Å²) in [5.41, 5.74) is 1.73. The van der Waals surface area contributed by atoms with Gasteiger partial charge in [0.25, 0.3) is 0 Å². The van der Waals surface area contributed by atoms with Crippen LogP contribution in [0.1, 0.15) is 5.56 Å². The molecule has 3 heteroatoms. The summed E-state index contributed by atoms with van der Waals surface area (Å²) in [6.45, 7) is -3.42. The van der Waals surface area contributed by atoms with Crippen molar-refractivity contribution in [2.45, 2.75) is 46.9 Å². The quantitative estimate of drug-likeness (QED) is 0.493. The summed E-state index contributed by atoms with van der Waals surface area (Å²) < 4.78 is 7.56. The van der Waals surface area contributed by atoms with E-state index in [4.69, 9.17) is 4.74 Å². The molecule has 0 N–H and O–H groups in total. The molecule has 10 aliphatic rings. The first-order valence-corrected chi connectivity index (χ1v) is 17.5. The van der Waals surface area contributed by atoms with Crippen LogP contribution in [0.15, 0.2) is 54.6 Å². The van der Waals surface area contributed by atoms with Crippen LogP contribution in [0.2, 0.25) is 38.5 Å². The number of ether oxygens (including phenoxy) is 1. The van der Waals surface area contributed by atoms with Gasteiger partial charge in [-0.05, 0) is 0 Å². The molecular weight excluding hydrogens is 379 g/mol. The molecule has 0 aromatic heterocycles. The summed E-state index contributed by atoms with van der Waals surface area (Å²) in [6.07, 6.45) is 0. The van der Waals surface area contributed by atoms with Crippen LogP contribution >= 0.6 is 8.58 Å². The molecule has 0 bridgehead atoms. The summed E-state index contributed by atoms with van der Waals surface area (Å²) in [5, 5.41) is 1.68. The molecule has 132 valence electrons. The van der Waals surface area contributed by atoms with Crippen molar-refractivity contribution in [2.24, 2.45) is 0 Å². The van der Waals surface area contributed by atoms with Crippen LogP contribution in [-0.4, -0.2) is 11.2 Å². The van der Waals surface area contributed by atoms with E-state index in [1.165, 1.54) is 44.3 Å². The van der Waals surface area contributed by atoms with E-state index in [1.54, 1.807) is 10.9 Å². The fraction of sp³-hybridized carbons (Fsp3) is 0.478. The molecule has 2 aromatic rings. The minimum absolute atomic E-state index is 0.715. The summed E-state index contributed by atoms with van der Waals surface area (Å²) in [4.78, 5) is 10.6. The molecular formula is C23H21FeOP. The number of methoxy groups -OCH3 is 1. The zero-order chi connectivity index (χ0) is 16.4. The van der Waals surface area contributed by atoms with Crippen molar-refractivity contribution in [1.82, 2.24) is 0 Å². The van der Waals surface area contributed by atoms with Crippen molar-refractivity contribution in [3.63, 3.8) is 0 Å². The molecule has 1 nitrogen and oxygen atoms in total. The number of para-hydroxylation sites is 1. The zero-order valence-corrected chi connectivity index (χ0v) is 16.7. The molecule has 0 aliphatic carbocycles. The van der Waals surface area contributed by atoms with E-state index >= 15 is 0 Å². The maximum atomic E-state index is 6.01. The van der Waals surface area contributed by atoms with Gasteiger partial charge < -0.3 is 0 Å². The Balaban J connectivity index is 1.31. The molecule has 10 saturated heterocycles. The number of fused-ring (bicyclic) bond motifs is 10. The van der Waals surface area contributed by atoms with Crippen LogP contribution in [0.5, 0.6) is 5.75 Å². The predicted octanol–water partition coefficient (Wildman–Crippen LogP) is 5.40. The van der Waals surface area contributed by atoms with Gasteiger partial charge in [0, 0.05) is 0 Å². The third-order valence-electron chi connectivity index (χ3n) is 17.5. The second-order valence-corrected chi connectivity index (χ2v) is 38.2. The fourth-order valence-electron chi connectivity index (χ4n) is 19.3. The number of rotatable bonds is 4. The predicted molar refractivity (Wildman–Crippen MR) is 102 cm³/mol. The van der Waals surface area contributed by atoms with Crippen molar-refractivity contribution in [3.8, 4) is 5.75 Å². The Bertz CT molecular complexity index is 1520. The third-order valence-corrected chi connectivity index (χ3v) is 66.3. The Labute approximate surface area is 145 Å². The molecule has 1 spiro atoms. The molecule has 6 atom stereocenters. The first-order valence-electron chi connectivity index (χ1n) is 10.2. The zero-order valence-electron chi connectivity index (χ0n) is 14.6. The number of benzene rings is 2. The molecule has 10 heterocycles. The molecule has 26 heavy (non-hydrogen) atoms. The summed E-state index contributed by atoms with van der Waals surface area (Å²) >= 11 is 0. The van der Waals surface area contributed by atoms with Gasteiger partial charge in [-0.25, -0.2) is 0 Å². The van der Waals surface area contributed by atoms with Crippen LogP contribution < -0.4 is 10.0 Å². The van der Waals surface area contributed by atoms with E-state index in [9.17, 15) is 0 Å². The van der Waals surface area contributed by atoms with E-state index in [2.05, 4.69) is 54.6 Å². The van der Waals surface area contributed by atoms with Crippen molar-refractivity contribution >= 4 is 13.9 Å². The summed E-state index contributed by atoms with van der Waals surface area (Å²) in [5.74, 6) is 1.25.